The summed E-state index contributed by atoms with van der Waals surface area (Å²) in [7, 11) is 0. The minimum absolute atomic E-state index is 0.0790. The van der Waals surface area contributed by atoms with E-state index in [0.29, 0.717) is 50.0 Å². The second-order valence-electron chi connectivity index (χ2n) is 8.79. The molecule has 0 radical (unpaired) electrons. The molecule has 4 rings (SSSR count). The van der Waals surface area contributed by atoms with Crippen molar-refractivity contribution in [3.8, 4) is 6.07 Å². The van der Waals surface area contributed by atoms with Crippen LogP contribution in [0.25, 0.3) is 0 Å². The van der Waals surface area contributed by atoms with Gasteiger partial charge in [-0.1, -0.05) is 19.1 Å². The summed E-state index contributed by atoms with van der Waals surface area (Å²) < 4.78 is 66.8. The Labute approximate surface area is 199 Å². The zero-order valence-electron chi connectivity index (χ0n) is 18.9. The van der Waals surface area contributed by atoms with Crippen LogP contribution in [0.1, 0.15) is 36.1 Å². The smallest absolute Gasteiger partial charge is 0.383 e. The maximum absolute atomic E-state index is 13.7. The molecule has 11 heteroatoms. The lowest BCUT2D eigenvalue weighted by Crippen LogP contribution is -2.48. The molecule has 35 heavy (non-hydrogen) atoms. The Hall–Kier alpha value is -3.52. The molecule has 1 fully saturated rings. The van der Waals surface area contributed by atoms with E-state index in [1.807, 2.05) is 17.9 Å². The van der Waals surface area contributed by atoms with E-state index in [1.165, 1.54) is 24.5 Å². The van der Waals surface area contributed by atoms with Gasteiger partial charge in [0.2, 0.25) is 0 Å². The highest BCUT2D eigenvalue weighted by molar-refractivity contribution is 5.63. The normalized spacial score (nSPS) is 22.0. The highest BCUT2D eigenvalue weighted by Crippen LogP contribution is 2.41. The van der Waals surface area contributed by atoms with Crippen LogP contribution in [-0.2, 0) is 11.6 Å². The molecule has 2 atom stereocenters. The van der Waals surface area contributed by atoms with E-state index in [-0.39, 0.29) is 17.2 Å². The van der Waals surface area contributed by atoms with Crippen LogP contribution in [0.2, 0.25) is 0 Å². The Bertz CT molecular complexity index is 1210. The molecule has 1 aromatic heterocycles. The van der Waals surface area contributed by atoms with Gasteiger partial charge < -0.3 is 10.6 Å². The highest BCUT2D eigenvalue weighted by atomic mass is 19.4. The molecule has 2 aromatic rings. The van der Waals surface area contributed by atoms with Crippen LogP contribution in [0.3, 0.4) is 0 Å². The topological polar surface area (TPSA) is 82.1 Å². The standard InChI is InChI=1S/C24H23F5N6/c1-23(6-4-16(25)5-7-23)20-21(31)32-14-33-22(20)35-10-8-34(9-11-35)19(13-30)15-2-3-18(26)17(12-15)24(27,28)29/h2-6,12,14,19H,7-11H2,1H3,(H2,31,32,33). The van der Waals surface area contributed by atoms with Gasteiger partial charge in [0.15, 0.2) is 0 Å². The van der Waals surface area contributed by atoms with E-state index >= 15 is 0 Å². The van der Waals surface area contributed by atoms with Crippen molar-refractivity contribution in [2.75, 3.05) is 36.8 Å². The molecular formula is C24H23F5N6. The van der Waals surface area contributed by atoms with Crippen LogP contribution in [-0.4, -0.2) is 41.0 Å². The van der Waals surface area contributed by atoms with Crippen molar-refractivity contribution in [2.45, 2.75) is 31.0 Å². The van der Waals surface area contributed by atoms with Gasteiger partial charge in [-0.25, -0.2) is 18.7 Å². The Balaban J connectivity index is 1.56. The SMILES string of the molecule is CC1(c2c(N)ncnc2N2CCN(C(C#N)c3ccc(F)c(C(F)(F)F)c3)CC2)C=CC(F)=CC1. The van der Waals surface area contributed by atoms with E-state index in [4.69, 9.17) is 5.73 Å². The van der Waals surface area contributed by atoms with Crippen LogP contribution in [0.5, 0.6) is 0 Å². The monoisotopic (exact) mass is 490 g/mol. The van der Waals surface area contributed by atoms with E-state index in [0.717, 1.165) is 6.07 Å². The molecule has 1 aromatic carbocycles. The van der Waals surface area contributed by atoms with Gasteiger partial charge in [-0.3, -0.25) is 4.90 Å². The molecule has 184 valence electrons. The summed E-state index contributed by atoms with van der Waals surface area (Å²) >= 11 is 0. The lowest BCUT2D eigenvalue weighted by atomic mass is 9.77. The maximum Gasteiger partial charge on any atom is 0.419 e. The third-order valence-corrected chi connectivity index (χ3v) is 6.47. The molecule has 6 nitrogen and oxygen atoms in total. The van der Waals surface area contributed by atoms with Crippen molar-refractivity contribution >= 4 is 11.6 Å². The number of nitriles is 1. The predicted octanol–water partition coefficient (Wildman–Crippen LogP) is 4.67. The number of nitrogen functional groups attached to an aromatic ring is 1. The minimum atomic E-state index is -4.86. The summed E-state index contributed by atoms with van der Waals surface area (Å²) in [6.45, 7) is 3.44. The first kappa shape index (κ1) is 24.6. The number of allylic oxidation sites excluding steroid dienone is 4. The second kappa shape index (κ2) is 9.26. The molecule has 0 bridgehead atoms. The largest absolute Gasteiger partial charge is 0.419 e. The molecule has 2 heterocycles. The predicted molar refractivity (Wildman–Crippen MR) is 120 cm³/mol. The number of hydrogen-bond donors (Lipinski definition) is 1. The van der Waals surface area contributed by atoms with Gasteiger partial charge in [-0.05, 0) is 36.3 Å². The molecule has 2 unspecified atom stereocenters. The number of rotatable bonds is 4. The lowest BCUT2D eigenvalue weighted by Gasteiger charge is -2.40. The van der Waals surface area contributed by atoms with Crippen molar-refractivity contribution in [3.05, 3.63) is 71.1 Å². The number of halogens is 5. The summed E-state index contributed by atoms with van der Waals surface area (Å²) in [6, 6.07) is 3.71. The molecule has 1 aliphatic carbocycles. The fraction of sp³-hybridized carbons (Fsp3) is 0.375. The summed E-state index contributed by atoms with van der Waals surface area (Å²) in [5.41, 5.74) is 4.94. The highest BCUT2D eigenvalue weighted by Gasteiger charge is 2.37. The first-order valence-corrected chi connectivity index (χ1v) is 10.9. The van der Waals surface area contributed by atoms with Crippen molar-refractivity contribution in [3.63, 3.8) is 0 Å². The number of alkyl halides is 3. The van der Waals surface area contributed by atoms with Crippen LogP contribution in [0.15, 0.2) is 48.6 Å². The number of anilines is 2. The Morgan fingerprint density at radius 2 is 1.86 bits per heavy atom. The zero-order chi connectivity index (χ0) is 25.4. The van der Waals surface area contributed by atoms with E-state index in [9.17, 15) is 27.2 Å². The number of benzene rings is 1. The summed E-state index contributed by atoms with van der Waals surface area (Å²) in [5, 5.41) is 9.72. The average Bonchev–Trinajstić information content (AvgIpc) is 2.82. The van der Waals surface area contributed by atoms with Crippen molar-refractivity contribution < 1.29 is 22.0 Å². The molecule has 0 saturated carbocycles. The van der Waals surface area contributed by atoms with Gasteiger partial charge in [0.1, 0.15) is 35.6 Å². The van der Waals surface area contributed by atoms with Crippen LogP contribution in [0, 0.1) is 17.1 Å². The van der Waals surface area contributed by atoms with E-state index < -0.39 is 29.0 Å². The third-order valence-electron chi connectivity index (χ3n) is 6.47. The van der Waals surface area contributed by atoms with Gasteiger partial charge >= 0.3 is 6.18 Å². The number of nitrogens with zero attached hydrogens (tertiary/aromatic N) is 5. The number of hydrogen-bond acceptors (Lipinski definition) is 6. The van der Waals surface area contributed by atoms with Crippen LogP contribution >= 0.6 is 0 Å². The zero-order valence-corrected chi connectivity index (χ0v) is 18.9. The summed E-state index contributed by atoms with van der Waals surface area (Å²) in [5.74, 6) is -0.836. The van der Waals surface area contributed by atoms with Crippen LogP contribution in [0.4, 0.5) is 33.6 Å². The number of aromatic nitrogens is 2. The fourth-order valence-corrected chi connectivity index (χ4v) is 4.56. The quantitative estimate of drug-likeness (QED) is 0.627. The molecule has 0 spiro atoms. The Morgan fingerprint density at radius 1 is 1.14 bits per heavy atom. The molecule has 2 N–H and O–H groups in total. The van der Waals surface area contributed by atoms with Crippen molar-refractivity contribution in [2.24, 2.45) is 0 Å². The van der Waals surface area contributed by atoms with E-state index in [2.05, 4.69) is 9.97 Å². The summed E-state index contributed by atoms with van der Waals surface area (Å²) in [6.07, 6.45) is 1.46. The molecular weight excluding hydrogens is 467 g/mol. The molecule has 2 aliphatic rings. The van der Waals surface area contributed by atoms with Gasteiger partial charge in [-0.2, -0.15) is 18.4 Å². The Morgan fingerprint density at radius 3 is 2.46 bits per heavy atom. The third kappa shape index (κ3) is 4.84. The van der Waals surface area contributed by atoms with Crippen LogP contribution < -0.4 is 10.6 Å². The first-order valence-electron chi connectivity index (χ1n) is 10.9. The van der Waals surface area contributed by atoms with Gasteiger partial charge in [0.25, 0.3) is 0 Å². The van der Waals surface area contributed by atoms with Gasteiger partial charge in [-0.15, -0.1) is 0 Å². The number of piperazine rings is 1. The average molecular weight is 490 g/mol. The van der Waals surface area contributed by atoms with Gasteiger partial charge in [0, 0.05) is 37.2 Å². The second-order valence-corrected chi connectivity index (χ2v) is 8.79. The first-order chi connectivity index (χ1) is 16.5. The molecule has 1 saturated heterocycles. The molecule has 0 amide bonds. The van der Waals surface area contributed by atoms with Crippen molar-refractivity contribution in [1.29, 1.82) is 5.26 Å². The van der Waals surface area contributed by atoms with Gasteiger partial charge in [0.05, 0.1) is 11.6 Å². The number of nitrogens with two attached hydrogens (primary N) is 1. The minimum Gasteiger partial charge on any atom is -0.383 e. The maximum atomic E-state index is 13.7. The Kier molecular flexibility index (Phi) is 6.51. The lowest BCUT2D eigenvalue weighted by molar-refractivity contribution is -0.140. The fourth-order valence-electron chi connectivity index (χ4n) is 4.56. The summed E-state index contributed by atoms with van der Waals surface area (Å²) in [4.78, 5) is 12.3. The van der Waals surface area contributed by atoms with E-state index in [1.54, 1.807) is 11.0 Å². The molecule has 1 aliphatic heterocycles. The van der Waals surface area contributed by atoms with Crippen molar-refractivity contribution in [1.82, 2.24) is 14.9 Å².